The molecule has 0 aromatic heterocycles. The van der Waals surface area contributed by atoms with Gasteiger partial charge in [-0.25, -0.2) is 0 Å². The van der Waals surface area contributed by atoms with Crippen LogP contribution in [0.25, 0.3) is 0 Å². The Balaban J connectivity index is 2.15. The molecule has 0 fully saturated rings. The van der Waals surface area contributed by atoms with Crippen LogP contribution in [0, 0.1) is 0 Å². The number of aliphatic hydroxyl groups excluding tert-OH is 2. The summed E-state index contributed by atoms with van der Waals surface area (Å²) < 4.78 is 0. The third-order valence-electron chi connectivity index (χ3n) is 2.27. The Morgan fingerprint density at radius 3 is 1.82 bits per heavy atom. The topological polar surface area (TPSA) is 62.4 Å². The molecule has 0 radical (unpaired) electrons. The van der Waals surface area contributed by atoms with E-state index in [1.807, 2.05) is 0 Å². The van der Waals surface area contributed by atoms with Gasteiger partial charge in [0.05, 0.1) is 13.2 Å². The molecular formula is C8H11NO2. The zero-order valence-electron chi connectivity index (χ0n) is 6.22. The summed E-state index contributed by atoms with van der Waals surface area (Å²) in [6, 6.07) is 0. The highest BCUT2D eigenvalue weighted by atomic mass is 16.3. The van der Waals surface area contributed by atoms with E-state index in [1.165, 1.54) is 11.4 Å². The maximum atomic E-state index is 8.91. The molecule has 1 heterocycles. The molecule has 0 spiro atoms. The summed E-state index contributed by atoms with van der Waals surface area (Å²) in [6.07, 6.45) is 1.61. The first-order valence-electron chi connectivity index (χ1n) is 3.75. The normalized spacial score (nSPS) is 21.6. The van der Waals surface area contributed by atoms with Gasteiger partial charge in [0, 0.05) is 24.2 Å². The minimum absolute atomic E-state index is 0.0777. The van der Waals surface area contributed by atoms with Crippen molar-refractivity contribution in [2.24, 2.45) is 0 Å². The maximum Gasteiger partial charge on any atom is 0.0649 e. The summed E-state index contributed by atoms with van der Waals surface area (Å²) in [5, 5.41) is 20.9. The molecule has 60 valence electrons. The van der Waals surface area contributed by atoms with Crippen LogP contribution in [0.1, 0.15) is 12.8 Å². The third kappa shape index (κ3) is 1.06. The second-order valence-electron chi connectivity index (χ2n) is 2.96. The predicted octanol–water partition coefficient (Wildman–Crippen LogP) is -0.124. The van der Waals surface area contributed by atoms with Crippen LogP contribution in [-0.2, 0) is 0 Å². The average Bonchev–Trinajstić information content (AvgIpc) is 2.79. The van der Waals surface area contributed by atoms with Crippen LogP contribution in [0.3, 0.4) is 0 Å². The Morgan fingerprint density at radius 1 is 1.00 bits per heavy atom. The van der Waals surface area contributed by atoms with Crippen molar-refractivity contribution >= 4 is 0 Å². The van der Waals surface area contributed by atoms with Gasteiger partial charge in [-0.05, 0) is 11.1 Å². The van der Waals surface area contributed by atoms with Crippen molar-refractivity contribution in [3.8, 4) is 0 Å². The zero-order chi connectivity index (χ0) is 7.84. The van der Waals surface area contributed by atoms with Crippen molar-refractivity contribution in [3.63, 3.8) is 0 Å². The third-order valence-corrected chi connectivity index (χ3v) is 2.27. The fourth-order valence-electron chi connectivity index (χ4n) is 1.46. The van der Waals surface area contributed by atoms with Gasteiger partial charge in [-0.15, -0.1) is 0 Å². The van der Waals surface area contributed by atoms with Gasteiger partial charge < -0.3 is 15.5 Å². The zero-order valence-corrected chi connectivity index (χ0v) is 6.22. The van der Waals surface area contributed by atoms with E-state index < -0.39 is 0 Å². The highest BCUT2D eigenvalue weighted by Crippen LogP contribution is 2.35. The molecule has 0 bridgehead atoms. The van der Waals surface area contributed by atoms with Crippen molar-refractivity contribution in [2.45, 2.75) is 12.8 Å². The molecular weight excluding hydrogens is 142 g/mol. The summed E-state index contributed by atoms with van der Waals surface area (Å²) >= 11 is 0. The number of hydrogen-bond acceptors (Lipinski definition) is 3. The van der Waals surface area contributed by atoms with Crippen LogP contribution >= 0.6 is 0 Å². The summed E-state index contributed by atoms with van der Waals surface area (Å²) in [5.74, 6) is 0. The lowest BCUT2D eigenvalue weighted by Gasteiger charge is -2.09. The molecule has 1 aliphatic carbocycles. The fourth-order valence-corrected chi connectivity index (χ4v) is 1.46. The molecule has 3 N–H and O–H groups in total. The Morgan fingerprint density at radius 2 is 1.45 bits per heavy atom. The van der Waals surface area contributed by atoms with E-state index in [0.717, 1.165) is 24.0 Å². The van der Waals surface area contributed by atoms with Crippen LogP contribution in [0.2, 0.25) is 0 Å². The highest BCUT2D eigenvalue weighted by molar-refractivity contribution is 5.43. The standard InChI is InChI=1S/C8H11NO2/c10-3-5-1-7-8(9-7)2-6(5)4-11/h9-11H,1-4H2. The lowest BCUT2D eigenvalue weighted by atomic mass is 9.98. The average molecular weight is 153 g/mol. The number of nitrogens with one attached hydrogen (secondary N) is 1. The highest BCUT2D eigenvalue weighted by Gasteiger charge is 2.28. The number of allylic oxidation sites excluding steroid dienone is 2. The minimum atomic E-state index is 0.0777. The van der Waals surface area contributed by atoms with Gasteiger partial charge in [0.1, 0.15) is 0 Å². The van der Waals surface area contributed by atoms with E-state index in [0.29, 0.717) is 0 Å². The molecule has 0 atom stereocenters. The number of hydrogen-bond donors (Lipinski definition) is 3. The lowest BCUT2D eigenvalue weighted by Crippen LogP contribution is -2.02. The number of aliphatic hydroxyl groups is 2. The summed E-state index contributed by atoms with van der Waals surface area (Å²) in [5.41, 5.74) is 4.45. The largest absolute Gasteiger partial charge is 0.392 e. The van der Waals surface area contributed by atoms with Crippen molar-refractivity contribution < 1.29 is 10.2 Å². The molecule has 0 unspecified atom stereocenters. The van der Waals surface area contributed by atoms with E-state index in [1.54, 1.807) is 0 Å². The smallest absolute Gasteiger partial charge is 0.0649 e. The van der Waals surface area contributed by atoms with E-state index in [4.69, 9.17) is 10.2 Å². The second-order valence-corrected chi connectivity index (χ2v) is 2.96. The fraction of sp³-hybridized carbons (Fsp3) is 0.500. The molecule has 11 heavy (non-hydrogen) atoms. The van der Waals surface area contributed by atoms with Crippen molar-refractivity contribution in [1.82, 2.24) is 5.32 Å². The summed E-state index contributed by atoms with van der Waals surface area (Å²) in [7, 11) is 0. The van der Waals surface area contributed by atoms with E-state index >= 15 is 0 Å². The van der Waals surface area contributed by atoms with Gasteiger partial charge in [0.15, 0.2) is 0 Å². The Labute approximate surface area is 65.0 Å². The van der Waals surface area contributed by atoms with Gasteiger partial charge in [-0.2, -0.15) is 0 Å². The van der Waals surface area contributed by atoms with Crippen molar-refractivity contribution in [2.75, 3.05) is 13.2 Å². The monoisotopic (exact) mass is 153 g/mol. The summed E-state index contributed by atoms with van der Waals surface area (Å²) in [6.45, 7) is 0.155. The molecule has 0 aromatic rings. The molecule has 0 aromatic carbocycles. The van der Waals surface area contributed by atoms with E-state index in [9.17, 15) is 0 Å². The first-order chi connectivity index (χ1) is 5.35. The summed E-state index contributed by atoms with van der Waals surface area (Å²) in [4.78, 5) is 0. The van der Waals surface area contributed by atoms with Gasteiger partial charge >= 0.3 is 0 Å². The Hall–Kier alpha value is -0.800. The maximum absolute atomic E-state index is 8.91. The first-order valence-corrected chi connectivity index (χ1v) is 3.75. The van der Waals surface area contributed by atoms with Gasteiger partial charge in [-0.3, -0.25) is 0 Å². The molecule has 2 rings (SSSR count). The Kier molecular flexibility index (Phi) is 1.47. The molecule has 3 heteroatoms. The molecule has 1 aliphatic heterocycles. The van der Waals surface area contributed by atoms with Gasteiger partial charge in [0.2, 0.25) is 0 Å². The lowest BCUT2D eigenvalue weighted by molar-refractivity contribution is 0.306. The SMILES string of the molecule is OCC1=C(CO)CC2=C(C1)N2. The quantitative estimate of drug-likeness (QED) is 0.484. The van der Waals surface area contributed by atoms with Gasteiger partial charge in [0.25, 0.3) is 0 Å². The van der Waals surface area contributed by atoms with Gasteiger partial charge in [-0.1, -0.05) is 0 Å². The Bertz CT molecular complexity index is 229. The molecule has 0 saturated carbocycles. The first kappa shape index (κ1) is 6.88. The van der Waals surface area contributed by atoms with E-state index in [2.05, 4.69) is 5.32 Å². The van der Waals surface area contributed by atoms with Crippen LogP contribution in [0.15, 0.2) is 22.5 Å². The minimum Gasteiger partial charge on any atom is -0.392 e. The molecule has 3 nitrogen and oxygen atoms in total. The molecule has 2 aliphatic rings. The van der Waals surface area contributed by atoms with Crippen LogP contribution in [0.4, 0.5) is 0 Å². The van der Waals surface area contributed by atoms with Crippen LogP contribution < -0.4 is 5.32 Å². The van der Waals surface area contributed by atoms with Crippen molar-refractivity contribution in [1.29, 1.82) is 0 Å². The van der Waals surface area contributed by atoms with E-state index in [-0.39, 0.29) is 13.2 Å². The predicted molar refractivity (Wildman–Crippen MR) is 40.6 cm³/mol. The second kappa shape index (κ2) is 2.36. The molecule has 0 saturated heterocycles. The van der Waals surface area contributed by atoms with Crippen LogP contribution in [0.5, 0.6) is 0 Å². The van der Waals surface area contributed by atoms with Crippen LogP contribution in [-0.4, -0.2) is 23.4 Å². The van der Waals surface area contributed by atoms with Crippen molar-refractivity contribution in [3.05, 3.63) is 22.5 Å². The molecule has 0 amide bonds. The number of rotatable bonds is 2.